The van der Waals surface area contributed by atoms with E-state index in [1.54, 1.807) is 17.2 Å². The molecule has 0 aliphatic heterocycles. The van der Waals surface area contributed by atoms with Crippen LogP contribution in [0, 0.1) is 0 Å². The first-order valence-electron chi connectivity index (χ1n) is 14.0. The van der Waals surface area contributed by atoms with Gasteiger partial charge in [0, 0.05) is 24.5 Å². The minimum atomic E-state index is -0.317. The zero-order valence-electron chi connectivity index (χ0n) is 24.1. The SMILES string of the molecule is C=C/C=C\C=C/CC1=CC=C(N(C=O)c2ccccc2C(C)(C)CC(CO)N(CC)Cc2ccccn2)C=CC1. The molecule has 1 aliphatic rings. The Balaban J connectivity index is 1.85. The molecule has 1 unspecified atom stereocenters. The Morgan fingerprint density at radius 1 is 1.10 bits per heavy atom. The molecule has 0 spiro atoms. The average molecular weight is 538 g/mol. The van der Waals surface area contributed by atoms with E-state index in [4.69, 9.17) is 0 Å². The molecule has 0 saturated carbocycles. The van der Waals surface area contributed by atoms with Gasteiger partial charge < -0.3 is 5.11 Å². The summed E-state index contributed by atoms with van der Waals surface area (Å²) in [5.41, 5.74) is 4.68. The summed E-state index contributed by atoms with van der Waals surface area (Å²) in [5, 5.41) is 10.4. The van der Waals surface area contributed by atoms with Crippen molar-refractivity contribution in [1.29, 1.82) is 0 Å². The maximum Gasteiger partial charge on any atom is 0.218 e. The number of benzene rings is 1. The van der Waals surface area contributed by atoms with Crippen LogP contribution in [0.15, 0.2) is 121 Å². The number of likely N-dealkylation sites (N-methyl/N-ethyl adjacent to an activating group) is 1. The van der Waals surface area contributed by atoms with E-state index in [1.165, 1.54) is 5.57 Å². The molecule has 5 heteroatoms. The molecule has 0 bridgehead atoms. The van der Waals surface area contributed by atoms with Crippen LogP contribution in [0.25, 0.3) is 0 Å². The van der Waals surface area contributed by atoms with Crippen molar-refractivity contribution in [3.8, 4) is 0 Å². The van der Waals surface area contributed by atoms with Crippen molar-refractivity contribution in [2.75, 3.05) is 18.1 Å². The van der Waals surface area contributed by atoms with Crippen LogP contribution in [0.5, 0.6) is 0 Å². The first-order valence-corrected chi connectivity index (χ1v) is 14.0. The Morgan fingerprint density at radius 2 is 1.90 bits per heavy atom. The van der Waals surface area contributed by atoms with Crippen molar-refractivity contribution in [3.05, 3.63) is 132 Å². The second kappa shape index (κ2) is 15.7. The lowest BCUT2D eigenvalue weighted by Gasteiger charge is -2.37. The summed E-state index contributed by atoms with van der Waals surface area (Å²) in [6, 6.07) is 14.0. The number of hydrogen-bond donors (Lipinski definition) is 1. The fourth-order valence-electron chi connectivity index (χ4n) is 5.13. The maximum absolute atomic E-state index is 12.5. The highest BCUT2D eigenvalue weighted by atomic mass is 16.3. The molecular weight excluding hydrogens is 494 g/mol. The first-order chi connectivity index (χ1) is 19.4. The number of carbonyl (C=O) groups is 1. The van der Waals surface area contributed by atoms with Crippen molar-refractivity contribution < 1.29 is 9.90 Å². The van der Waals surface area contributed by atoms with Gasteiger partial charge in [0.1, 0.15) is 0 Å². The number of pyridine rings is 1. The van der Waals surface area contributed by atoms with E-state index in [-0.39, 0.29) is 18.1 Å². The van der Waals surface area contributed by atoms with E-state index in [2.05, 4.69) is 61.5 Å². The highest BCUT2D eigenvalue weighted by molar-refractivity contribution is 5.83. The highest BCUT2D eigenvalue weighted by Crippen LogP contribution is 2.38. The summed E-state index contributed by atoms with van der Waals surface area (Å²) in [4.78, 5) is 21.0. The summed E-state index contributed by atoms with van der Waals surface area (Å²) < 4.78 is 0. The number of carbonyl (C=O) groups excluding carboxylic acids is 1. The number of anilines is 1. The summed E-state index contributed by atoms with van der Waals surface area (Å²) in [7, 11) is 0. The number of amides is 1. The number of nitrogens with zero attached hydrogens (tertiary/aromatic N) is 3. The minimum absolute atomic E-state index is 0.0446. The van der Waals surface area contributed by atoms with Gasteiger partial charge in [0.05, 0.1) is 18.0 Å². The Hall–Kier alpha value is -3.80. The van der Waals surface area contributed by atoms with Crippen molar-refractivity contribution in [3.63, 3.8) is 0 Å². The Labute approximate surface area is 240 Å². The molecule has 0 fully saturated rings. The zero-order chi connectivity index (χ0) is 28.8. The number of hydrogen-bond acceptors (Lipinski definition) is 4. The van der Waals surface area contributed by atoms with Crippen molar-refractivity contribution >= 4 is 12.1 Å². The van der Waals surface area contributed by atoms with Crippen LogP contribution in [-0.4, -0.2) is 40.6 Å². The number of aliphatic hydroxyl groups excluding tert-OH is 1. The third-order valence-electron chi connectivity index (χ3n) is 7.28. The molecule has 1 aromatic carbocycles. The summed E-state index contributed by atoms with van der Waals surface area (Å²) in [5.74, 6) is 0. The van der Waals surface area contributed by atoms with E-state index in [1.807, 2.05) is 66.8 Å². The molecule has 1 aliphatic carbocycles. The molecule has 0 radical (unpaired) electrons. The van der Waals surface area contributed by atoms with Gasteiger partial charge in [0.15, 0.2) is 0 Å². The monoisotopic (exact) mass is 537 g/mol. The highest BCUT2D eigenvalue weighted by Gasteiger charge is 2.31. The van der Waals surface area contributed by atoms with Gasteiger partial charge in [-0.1, -0.05) is 99.7 Å². The van der Waals surface area contributed by atoms with Crippen LogP contribution >= 0.6 is 0 Å². The Bertz CT molecular complexity index is 1250. The molecule has 40 heavy (non-hydrogen) atoms. The molecule has 210 valence electrons. The van der Waals surface area contributed by atoms with Crippen LogP contribution in [0.1, 0.15) is 51.3 Å². The van der Waals surface area contributed by atoms with Crippen molar-refractivity contribution in [1.82, 2.24) is 9.88 Å². The van der Waals surface area contributed by atoms with Gasteiger partial charge in [-0.3, -0.25) is 19.6 Å². The molecule has 0 saturated heterocycles. The van der Waals surface area contributed by atoms with Gasteiger partial charge in [0.25, 0.3) is 0 Å². The topological polar surface area (TPSA) is 56.7 Å². The Morgan fingerprint density at radius 3 is 2.60 bits per heavy atom. The molecular formula is C35H43N3O2. The number of aliphatic hydroxyl groups is 1. The molecule has 5 nitrogen and oxygen atoms in total. The molecule has 1 aromatic heterocycles. The van der Waals surface area contributed by atoms with E-state index >= 15 is 0 Å². The van der Waals surface area contributed by atoms with Crippen LogP contribution in [0.4, 0.5) is 5.69 Å². The first kappa shape index (κ1) is 30.7. The molecule has 1 amide bonds. The third-order valence-corrected chi connectivity index (χ3v) is 7.28. The van der Waals surface area contributed by atoms with Gasteiger partial charge in [-0.05, 0) is 67.1 Å². The molecule has 1 heterocycles. The number of para-hydroxylation sites is 1. The second-order valence-electron chi connectivity index (χ2n) is 10.6. The van der Waals surface area contributed by atoms with Gasteiger partial charge in [-0.2, -0.15) is 0 Å². The van der Waals surface area contributed by atoms with Gasteiger partial charge in [-0.15, -0.1) is 0 Å². The van der Waals surface area contributed by atoms with Crippen LogP contribution in [-0.2, 0) is 16.8 Å². The summed E-state index contributed by atoms with van der Waals surface area (Å²) in [6.45, 7) is 11.7. The van der Waals surface area contributed by atoms with Gasteiger partial charge in [0.2, 0.25) is 6.41 Å². The van der Waals surface area contributed by atoms with Gasteiger partial charge in [-0.25, -0.2) is 0 Å². The lowest BCUT2D eigenvalue weighted by Crippen LogP contribution is -2.42. The fourth-order valence-corrected chi connectivity index (χ4v) is 5.13. The van der Waals surface area contributed by atoms with Crippen LogP contribution in [0.3, 0.4) is 0 Å². The third kappa shape index (κ3) is 8.60. The quantitative estimate of drug-likeness (QED) is 0.195. The number of allylic oxidation sites excluding steroid dienone is 10. The van der Waals surface area contributed by atoms with Crippen molar-refractivity contribution in [2.45, 2.75) is 58.0 Å². The van der Waals surface area contributed by atoms with Gasteiger partial charge >= 0.3 is 0 Å². The van der Waals surface area contributed by atoms with E-state index in [0.29, 0.717) is 6.54 Å². The van der Waals surface area contributed by atoms with Crippen molar-refractivity contribution in [2.24, 2.45) is 0 Å². The average Bonchev–Trinajstić information content (AvgIpc) is 3.21. The smallest absolute Gasteiger partial charge is 0.218 e. The summed E-state index contributed by atoms with van der Waals surface area (Å²) >= 11 is 0. The fraction of sp³-hybridized carbons (Fsp3) is 0.314. The zero-order valence-corrected chi connectivity index (χ0v) is 24.1. The predicted octanol–water partition coefficient (Wildman–Crippen LogP) is 7.05. The van der Waals surface area contributed by atoms with E-state index in [0.717, 1.165) is 54.9 Å². The predicted molar refractivity (Wildman–Crippen MR) is 167 cm³/mol. The molecule has 3 rings (SSSR count). The normalized spacial score (nSPS) is 14.7. The van der Waals surface area contributed by atoms with E-state index in [9.17, 15) is 9.90 Å². The van der Waals surface area contributed by atoms with E-state index < -0.39 is 0 Å². The molecule has 1 N–H and O–H groups in total. The lowest BCUT2D eigenvalue weighted by atomic mass is 9.77. The standard InChI is InChI=1S/C35H43N3O2/c1-5-7-8-9-10-16-29-17-15-19-31(23-22-29)38(28-40)34-21-12-11-20-33(34)35(3,4)25-32(27-39)37(6-2)26-30-18-13-14-24-36-30/h5,7-15,18-24,28,32,39H,1,6,16-17,25-27H2,2-4H3/b8-7-,10-9-. The summed E-state index contributed by atoms with van der Waals surface area (Å²) in [6.07, 6.45) is 23.1. The second-order valence-corrected chi connectivity index (χ2v) is 10.6. The van der Waals surface area contributed by atoms with Crippen LogP contribution < -0.4 is 4.90 Å². The minimum Gasteiger partial charge on any atom is -0.395 e. The molecule has 1 atom stereocenters. The number of rotatable bonds is 15. The molecule has 2 aromatic rings. The van der Waals surface area contributed by atoms with Crippen LogP contribution in [0.2, 0.25) is 0 Å². The maximum atomic E-state index is 12.5. The largest absolute Gasteiger partial charge is 0.395 e. The Kier molecular flexibility index (Phi) is 12.1. The number of aromatic nitrogens is 1. The lowest BCUT2D eigenvalue weighted by molar-refractivity contribution is -0.107.